The molecule has 0 saturated carbocycles. The zero-order valence-corrected chi connectivity index (χ0v) is 9.53. The fourth-order valence-electron chi connectivity index (χ4n) is 1.74. The molecule has 0 saturated heterocycles. The molecule has 0 aliphatic carbocycles. The standard InChI is InChI=1S/C12H14N4O/c1-2-14-12(17)10-7-15-11(16-13)9-6-4-3-5-8(9)10/h3-7H,2,13H2,1H3,(H,14,17)(H,15,16). The first-order chi connectivity index (χ1) is 8.27. The summed E-state index contributed by atoms with van der Waals surface area (Å²) in [5.74, 6) is 5.83. The third-order valence-corrected chi connectivity index (χ3v) is 2.51. The predicted octanol–water partition coefficient (Wildman–Crippen LogP) is 1.27. The van der Waals surface area contributed by atoms with Gasteiger partial charge in [-0.3, -0.25) is 4.79 Å². The minimum absolute atomic E-state index is 0.125. The van der Waals surface area contributed by atoms with Crippen molar-refractivity contribution < 1.29 is 4.79 Å². The van der Waals surface area contributed by atoms with E-state index in [1.807, 2.05) is 31.2 Å². The van der Waals surface area contributed by atoms with E-state index in [0.717, 1.165) is 10.8 Å². The van der Waals surface area contributed by atoms with Crippen LogP contribution in [0.5, 0.6) is 0 Å². The number of hydrogen-bond acceptors (Lipinski definition) is 4. The Bertz CT molecular complexity index is 553. The molecule has 1 heterocycles. The van der Waals surface area contributed by atoms with Gasteiger partial charge in [-0.15, -0.1) is 0 Å². The molecule has 0 bridgehead atoms. The fourth-order valence-corrected chi connectivity index (χ4v) is 1.74. The Labute approximate surface area is 99.0 Å². The Hall–Kier alpha value is -2.14. The molecule has 88 valence electrons. The highest BCUT2D eigenvalue weighted by molar-refractivity contribution is 6.09. The van der Waals surface area contributed by atoms with E-state index in [-0.39, 0.29) is 5.91 Å². The molecule has 0 unspecified atom stereocenters. The number of nitrogens with two attached hydrogens (primary N) is 1. The number of nitrogens with zero attached hydrogens (tertiary/aromatic N) is 1. The highest BCUT2D eigenvalue weighted by Gasteiger charge is 2.11. The van der Waals surface area contributed by atoms with Crippen molar-refractivity contribution in [2.45, 2.75) is 6.92 Å². The summed E-state index contributed by atoms with van der Waals surface area (Å²) in [5.41, 5.74) is 3.08. The van der Waals surface area contributed by atoms with Crippen molar-refractivity contribution in [3.05, 3.63) is 36.0 Å². The molecule has 0 radical (unpaired) electrons. The number of fused-ring (bicyclic) bond motifs is 1. The van der Waals surface area contributed by atoms with E-state index in [9.17, 15) is 4.79 Å². The largest absolute Gasteiger partial charge is 0.352 e. The van der Waals surface area contributed by atoms with E-state index in [1.54, 1.807) is 0 Å². The van der Waals surface area contributed by atoms with Crippen molar-refractivity contribution in [3.63, 3.8) is 0 Å². The maximum absolute atomic E-state index is 11.9. The van der Waals surface area contributed by atoms with Gasteiger partial charge in [-0.05, 0) is 12.3 Å². The second-order valence-electron chi connectivity index (χ2n) is 3.57. The molecule has 1 aromatic carbocycles. The number of hydrazine groups is 1. The normalized spacial score (nSPS) is 10.2. The van der Waals surface area contributed by atoms with E-state index >= 15 is 0 Å². The van der Waals surface area contributed by atoms with Crippen LogP contribution in [0, 0.1) is 0 Å². The lowest BCUT2D eigenvalue weighted by atomic mass is 10.1. The number of anilines is 1. The van der Waals surface area contributed by atoms with Crippen LogP contribution in [0.3, 0.4) is 0 Å². The molecular formula is C12H14N4O. The maximum atomic E-state index is 11.9. The van der Waals surface area contributed by atoms with Crippen LogP contribution in [0.2, 0.25) is 0 Å². The fraction of sp³-hybridized carbons (Fsp3) is 0.167. The number of benzene rings is 1. The van der Waals surface area contributed by atoms with Crippen LogP contribution in [-0.2, 0) is 0 Å². The molecule has 2 rings (SSSR count). The molecule has 1 aromatic heterocycles. The molecule has 0 spiro atoms. The third kappa shape index (κ3) is 2.05. The van der Waals surface area contributed by atoms with Crippen LogP contribution < -0.4 is 16.6 Å². The first-order valence-corrected chi connectivity index (χ1v) is 5.40. The minimum atomic E-state index is -0.125. The molecule has 0 fully saturated rings. The van der Waals surface area contributed by atoms with Gasteiger partial charge in [0.25, 0.3) is 5.91 Å². The number of amides is 1. The average Bonchev–Trinajstić information content (AvgIpc) is 2.37. The molecule has 0 aliphatic heterocycles. The summed E-state index contributed by atoms with van der Waals surface area (Å²) < 4.78 is 0. The molecule has 1 amide bonds. The van der Waals surface area contributed by atoms with Gasteiger partial charge in [0.2, 0.25) is 0 Å². The van der Waals surface area contributed by atoms with Gasteiger partial charge in [0.1, 0.15) is 5.82 Å². The van der Waals surface area contributed by atoms with Gasteiger partial charge in [-0.1, -0.05) is 24.3 Å². The van der Waals surface area contributed by atoms with Gasteiger partial charge in [0.15, 0.2) is 0 Å². The summed E-state index contributed by atoms with van der Waals surface area (Å²) in [6, 6.07) is 7.51. The van der Waals surface area contributed by atoms with Crippen LogP contribution in [0.1, 0.15) is 17.3 Å². The van der Waals surface area contributed by atoms with Gasteiger partial charge in [-0.25, -0.2) is 10.8 Å². The summed E-state index contributed by atoms with van der Waals surface area (Å²) in [5, 5.41) is 4.43. The van der Waals surface area contributed by atoms with Crippen LogP contribution in [0.15, 0.2) is 30.5 Å². The second-order valence-corrected chi connectivity index (χ2v) is 3.57. The number of carbonyl (C=O) groups excluding carboxylic acids is 1. The highest BCUT2D eigenvalue weighted by atomic mass is 16.1. The van der Waals surface area contributed by atoms with E-state index in [4.69, 9.17) is 5.84 Å². The van der Waals surface area contributed by atoms with Crippen molar-refractivity contribution in [1.82, 2.24) is 10.3 Å². The minimum Gasteiger partial charge on any atom is -0.352 e. The van der Waals surface area contributed by atoms with E-state index in [2.05, 4.69) is 15.7 Å². The van der Waals surface area contributed by atoms with Crippen molar-refractivity contribution in [2.24, 2.45) is 5.84 Å². The smallest absolute Gasteiger partial charge is 0.253 e. The quantitative estimate of drug-likeness (QED) is 0.548. The number of hydrogen-bond donors (Lipinski definition) is 3. The van der Waals surface area contributed by atoms with Crippen molar-refractivity contribution in [3.8, 4) is 0 Å². The molecule has 5 heteroatoms. The molecule has 0 atom stereocenters. The highest BCUT2D eigenvalue weighted by Crippen LogP contribution is 2.23. The summed E-state index contributed by atoms with van der Waals surface area (Å²) >= 11 is 0. The van der Waals surface area contributed by atoms with Crippen LogP contribution in [0.25, 0.3) is 10.8 Å². The average molecular weight is 230 g/mol. The summed E-state index contributed by atoms with van der Waals surface area (Å²) in [7, 11) is 0. The lowest BCUT2D eigenvalue weighted by molar-refractivity contribution is 0.0957. The van der Waals surface area contributed by atoms with Crippen molar-refractivity contribution >= 4 is 22.5 Å². The Balaban J connectivity index is 2.62. The van der Waals surface area contributed by atoms with Crippen LogP contribution in [0.4, 0.5) is 5.82 Å². The number of pyridine rings is 1. The lowest BCUT2D eigenvalue weighted by Crippen LogP contribution is -2.23. The molecule has 17 heavy (non-hydrogen) atoms. The number of nitrogens with one attached hydrogen (secondary N) is 2. The number of nitrogen functional groups attached to an aromatic ring is 1. The lowest BCUT2D eigenvalue weighted by Gasteiger charge is -2.09. The third-order valence-electron chi connectivity index (χ3n) is 2.51. The van der Waals surface area contributed by atoms with Gasteiger partial charge in [0, 0.05) is 18.1 Å². The van der Waals surface area contributed by atoms with Crippen molar-refractivity contribution in [1.29, 1.82) is 0 Å². The van der Waals surface area contributed by atoms with E-state index < -0.39 is 0 Å². The Kier molecular flexibility index (Phi) is 3.20. The van der Waals surface area contributed by atoms with Crippen LogP contribution >= 0.6 is 0 Å². The van der Waals surface area contributed by atoms with Gasteiger partial charge >= 0.3 is 0 Å². The van der Waals surface area contributed by atoms with E-state index in [0.29, 0.717) is 17.9 Å². The topological polar surface area (TPSA) is 80.0 Å². The summed E-state index contributed by atoms with van der Waals surface area (Å²) in [6.07, 6.45) is 1.53. The summed E-state index contributed by atoms with van der Waals surface area (Å²) in [6.45, 7) is 2.47. The maximum Gasteiger partial charge on any atom is 0.253 e. The molecule has 2 aromatic rings. The number of rotatable bonds is 3. The second kappa shape index (κ2) is 4.80. The molecular weight excluding hydrogens is 216 g/mol. The monoisotopic (exact) mass is 230 g/mol. The van der Waals surface area contributed by atoms with Crippen LogP contribution in [-0.4, -0.2) is 17.4 Å². The summed E-state index contributed by atoms with van der Waals surface area (Å²) in [4.78, 5) is 16.0. The van der Waals surface area contributed by atoms with Gasteiger partial charge in [0.05, 0.1) is 5.56 Å². The first kappa shape index (κ1) is 11.3. The number of aromatic nitrogens is 1. The SMILES string of the molecule is CCNC(=O)c1cnc(NN)c2ccccc12. The molecule has 4 N–H and O–H groups in total. The van der Waals surface area contributed by atoms with Gasteiger partial charge < -0.3 is 10.7 Å². The number of carbonyl (C=O) groups is 1. The predicted molar refractivity (Wildman–Crippen MR) is 67.6 cm³/mol. The van der Waals surface area contributed by atoms with Crippen molar-refractivity contribution in [2.75, 3.05) is 12.0 Å². The zero-order chi connectivity index (χ0) is 12.3. The Morgan fingerprint density at radius 1 is 1.35 bits per heavy atom. The van der Waals surface area contributed by atoms with E-state index in [1.165, 1.54) is 6.20 Å². The van der Waals surface area contributed by atoms with Gasteiger partial charge in [-0.2, -0.15) is 0 Å². The first-order valence-electron chi connectivity index (χ1n) is 5.40. The molecule has 0 aliphatic rings. The Morgan fingerprint density at radius 2 is 2.06 bits per heavy atom. The zero-order valence-electron chi connectivity index (χ0n) is 9.53. The Morgan fingerprint density at radius 3 is 2.71 bits per heavy atom. The molecule has 5 nitrogen and oxygen atoms in total.